The average Bonchev–Trinajstić information content (AvgIpc) is 2.94. The Kier molecular flexibility index (Phi) is 3.18. The first kappa shape index (κ1) is 12.7. The third-order valence-corrected chi connectivity index (χ3v) is 3.91. The van der Waals surface area contributed by atoms with Crippen LogP contribution in [0.4, 0.5) is 0 Å². The van der Waals surface area contributed by atoms with E-state index in [2.05, 4.69) is 4.98 Å². The minimum atomic E-state index is -0.317. The lowest BCUT2D eigenvalue weighted by atomic mass is 9.97. The van der Waals surface area contributed by atoms with Crippen molar-refractivity contribution in [2.45, 2.75) is 12.8 Å². The van der Waals surface area contributed by atoms with Crippen LogP contribution in [0.3, 0.4) is 0 Å². The molecule has 0 spiro atoms. The lowest BCUT2D eigenvalue weighted by Gasteiger charge is -2.31. The van der Waals surface area contributed by atoms with Gasteiger partial charge in [0.05, 0.1) is 5.92 Å². The number of H-pyrrole nitrogens is 1. The fourth-order valence-electron chi connectivity index (χ4n) is 2.76. The molecular formula is C15H17N3O2. The molecule has 20 heavy (non-hydrogen) atoms. The van der Waals surface area contributed by atoms with Gasteiger partial charge >= 0.3 is 0 Å². The maximum atomic E-state index is 12.5. The third-order valence-electron chi connectivity index (χ3n) is 3.91. The summed E-state index contributed by atoms with van der Waals surface area (Å²) in [6.45, 7) is 1.11. The first-order valence-electron chi connectivity index (χ1n) is 6.81. The topological polar surface area (TPSA) is 79.2 Å². The van der Waals surface area contributed by atoms with E-state index in [-0.39, 0.29) is 17.7 Å². The number of rotatable bonds is 2. The van der Waals surface area contributed by atoms with Gasteiger partial charge in [0.25, 0.3) is 5.91 Å². The second kappa shape index (κ2) is 5.00. The number of carbonyl (C=O) groups excluding carboxylic acids is 2. The van der Waals surface area contributed by atoms with Gasteiger partial charge in [0.15, 0.2) is 0 Å². The van der Waals surface area contributed by atoms with Gasteiger partial charge in [-0.05, 0) is 36.4 Å². The molecule has 2 amide bonds. The molecule has 0 unspecified atom stereocenters. The molecule has 5 heteroatoms. The molecule has 5 nitrogen and oxygen atoms in total. The summed E-state index contributed by atoms with van der Waals surface area (Å²) in [5.41, 5.74) is 6.93. The number of likely N-dealkylation sites (tertiary alicyclic amines) is 1. The molecule has 2 aromatic rings. The van der Waals surface area contributed by atoms with E-state index >= 15 is 0 Å². The Hall–Kier alpha value is -2.30. The number of fused-ring (bicyclic) bond motifs is 1. The van der Waals surface area contributed by atoms with E-state index in [9.17, 15) is 9.59 Å². The molecule has 1 saturated heterocycles. The van der Waals surface area contributed by atoms with Crippen LogP contribution in [0.15, 0.2) is 30.5 Å². The zero-order valence-corrected chi connectivity index (χ0v) is 11.1. The number of carbonyl (C=O) groups is 2. The van der Waals surface area contributed by atoms with E-state index < -0.39 is 0 Å². The Bertz CT molecular complexity index is 662. The van der Waals surface area contributed by atoms with Crippen LogP contribution in [-0.2, 0) is 4.79 Å². The molecule has 0 saturated carbocycles. The molecule has 104 valence electrons. The Morgan fingerprint density at radius 2 is 2.15 bits per heavy atom. The molecule has 1 aromatic carbocycles. The zero-order valence-electron chi connectivity index (χ0n) is 11.1. The number of hydrogen-bond donors (Lipinski definition) is 2. The maximum absolute atomic E-state index is 12.5. The summed E-state index contributed by atoms with van der Waals surface area (Å²) < 4.78 is 0. The maximum Gasteiger partial charge on any atom is 0.253 e. The van der Waals surface area contributed by atoms with Crippen molar-refractivity contribution in [1.82, 2.24) is 9.88 Å². The number of primary amides is 1. The quantitative estimate of drug-likeness (QED) is 0.868. The first-order chi connectivity index (χ1) is 9.65. The van der Waals surface area contributed by atoms with Crippen LogP contribution in [-0.4, -0.2) is 34.8 Å². The Morgan fingerprint density at radius 1 is 1.30 bits per heavy atom. The van der Waals surface area contributed by atoms with Crippen LogP contribution in [0, 0.1) is 5.92 Å². The van der Waals surface area contributed by atoms with Crippen molar-refractivity contribution in [3.05, 3.63) is 36.0 Å². The highest BCUT2D eigenvalue weighted by molar-refractivity contribution is 5.98. The molecule has 3 rings (SSSR count). The predicted molar refractivity (Wildman–Crippen MR) is 76.1 cm³/mol. The van der Waals surface area contributed by atoms with Gasteiger partial charge in [-0.1, -0.05) is 6.07 Å². The molecule has 1 aliphatic rings. The van der Waals surface area contributed by atoms with Crippen molar-refractivity contribution in [2.75, 3.05) is 13.1 Å². The van der Waals surface area contributed by atoms with Gasteiger partial charge in [0.2, 0.25) is 5.91 Å². The van der Waals surface area contributed by atoms with Crippen molar-refractivity contribution < 1.29 is 9.59 Å². The minimum Gasteiger partial charge on any atom is -0.369 e. The highest BCUT2D eigenvalue weighted by Gasteiger charge is 2.27. The van der Waals surface area contributed by atoms with E-state index in [1.165, 1.54) is 0 Å². The number of nitrogens with zero attached hydrogens (tertiary/aromatic N) is 1. The molecule has 0 aliphatic carbocycles. The summed E-state index contributed by atoms with van der Waals surface area (Å²) in [4.78, 5) is 28.6. The normalized spacial score (nSPS) is 19.2. The summed E-state index contributed by atoms with van der Waals surface area (Å²) >= 11 is 0. The Labute approximate surface area is 116 Å². The molecule has 0 radical (unpaired) electrons. The van der Waals surface area contributed by atoms with Crippen LogP contribution in [0.5, 0.6) is 0 Å². The summed E-state index contributed by atoms with van der Waals surface area (Å²) in [7, 11) is 0. The number of aromatic amines is 1. The molecule has 1 aromatic heterocycles. The van der Waals surface area contributed by atoms with Crippen LogP contribution >= 0.6 is 0 Å². The second-order valence-corrected chi connectivity index (χ2v) is 5.27. The van der Waals surface area contributed by atoms with Gasteiger partial charge in [-0.3, -0.25) is 9.59 Å². The SMILES string of the molecule is NC(=O)[C@H]1CCCN(C(=O)c2ccc3cc[nH]c3c2)C1. The fourth-order valence-corrected chi connectivity index (χ4v) is 2.76. The van der Waals surface area contributed by atoms with Crippen molar-refractivity contribution in [1.29, 1.82) is 0 Å². The highest BCUT2D eigenvalue weighted by atomic mass is 16.2. The van der Waals surface area contributed by atoms with Gasteiger partial charge in [-0.15, -0.1) is 0 Å². The average molecular weight is 271 g/mol. The minimum absolute atomic E-state index is 0.0348. The van der Waals surface area contributed by atoms with E-state index in [0.717, 1.165) is 23.7 Å². The monoisotopic (exact) mass is 271 g/mol. The smallest absolute Gasteiger partial charge is 0.253 e. The molecular weight excluding hydrogens is 254 g/mol. The highest BCUT2D eigenvalue weighted by Crippen LogP contribution is 2.20. The number of benzene rings is 1. The lowest BCUT2D eigenvalue weighted by Crippen LogP contribution is -2.44. The number of nitrogens with one attached hydrogen (secondary N) is 1. The van der Waals surface area contributed by atoms with E-state index in [1.54, 1.807) is 4.90 Å². The lowest BCUT2D eigenvalue weighted by molar-refractivity contribution is -0.123. The van der Waals surface area contributed by atoms with Crippen LogP contribution in [0.1, 0.15) is 23.2 Å². The number of hydrogen-bond acceptors (Lipinski definition) is 2. The molecule has 3 N–H and O–H groups in total. The largest absolute Gasteiger partial charge is 0.369 e. The van der Waals surface area contributed by atoms with E-state index in [0.29, 0.717) is 18.7 Å². The Balaban J connectivity index is 1.82. The van der Waals surface area contributed by atoms with Crippen molar-refractivity contribution in [3.8, 4) is 0 Å². The first-order valence-corrected chi connectivity index (χ1v) is 6.81. The standard InChI is InChI=1S/C15H17N3O2/c16-14(19)12-2-1-7-18(9-12)15(20)11-4-3-10-5-6-17-13(10)8-11/h3-6,8,12,17H,1-2,7,9H2,(H2,16,19)/t12-/m0/s1. The van der Waals surface area contributed by atoms with Crippen LogP contribution in [0.2, 0.25) is 0 Å². The molecule has 1 atom stereocenters. The van der Waals surface area contributed by atoms with E-state index in [1.807, 2.05) is 30.5 Å². The van der Waals surface area contributed by atoms with Crippen LogP contribution < -0.4 is 5.73 Å². The summed E-state index contributed by atoms with van der Waals surface area (Å²) in [6, 6.07) is 7.57. The van der Waals surface area contributed by atoms with Gasteiger partial charge in [0.1, 0.15) is 0 Å². The third kappa shape index (κ3) is 2.27. The van der Waals surface area contributed by atoms with Gasteiger partial charge in [-0.25, -0.2) is 0 Å². The number of amides is 2. The summed E-state index contributed by atoms with van der Waals surface area (Å²) in [6.07, 6.45) is 3.45. The van der Waals surface area contributed by atoms with Crippen molar-refractivity contribution in [3.63, 3.8) is 0 Å². The van der Waals surface area contributed by atoms with Gasteiger partial charge in [0, 0.05) is 30.4 Å². The van der Waals surface area contributed by atoms with Crippen LogP contribution in [0.25, 0.3) is 10.9 Å². The molecule has 0 bridgehead atoms. The number of piperidine rings is 1. The van der Waals surface area contributed by atoms with Crippen molar-refractivity contribution >= 4 is 22.7 Å². The predicted octanol–water partition coefficient (Wildman–Crippen LogP) is 1.51. The number of nitrogens with two attached hydrogens (primary N) is 1. The van der Waals surface area contributed by atoms with E-state index in [4.69, 9.17) is 5.73 Å². The summed E-state index contributed by atoms with van der Waals surface area (Å²) in [5, 5.41) is 1.08. The van der Waals surface area contributed by atoms with Gasteiger partial charge in [-0.2, -0.15) is 0 Å². The fraction of sp³-hybridized carbons (Fsp3) is 0.333. The molecule has 1 aliphatic heterocycles. The second-order valence-electron chi connectivity index (χ2n) is 5.27. The van der Waals surface area contributed by atoms with Gasteiger partial charge < -0.3 is 15.6 Å². The number of aromatic nitrogens is 1. The molecule has 1 fully saturated rings. The summed E-state index contributed by atoms with van der Waals surface area (Å²) in [5.74, 6) is -0.573. The Morgan fingerprint density at radius 3 is 2.95 bits per heavy atom. The molecule has 2 heterocycles. The van der Waals surface area contributed by atoms with Crippen molar-refractivity contribution in [2.24, 2.45) is 11.7 Å². The zero-order chi connectivity index (χ0) is 14.1.